The van der Waals surface area contributed by atoms with E-state index < -0.39 is 5.97 Å². The van der Waals surface area contributed by atoms with Crippen molar-refractivity contribution < 1.29 is 13.9 Å². The van der Waals surface area contributed by atoms with Crippen LogP contribution in [-0.2, 0) is 9.53 Å². The second kappa shape index (κ2) is 5.03. The number of hydrogen-bond donors (Lipinski definition) is 0. The molecule has 0 saturated heterocycles. The summed E-state index contributed by atoms with van der Waals surface area (Å²) in [6, 6.07) is 6.15. The molecule has 0 fully saturated rings. The summed E-state index contributed by atoms with van der Waals surface area (Å²) < 4.78 is 17.4. The fraction of sp³-hybridized carbons (Fsp3) is 0.182. The molecular formula is C11H9FO2. The minimum Gasteiger partial charge on any atom is -0.468 e. The van der Waals surface area contributed by atoms with Crippen LogP contribution in [0.15, 0.2) is 24.3 Å². The minimum absolute atomic E-state index is 0.0230. The van der Waals surface area contributed by atoms with Gasteiger partial charge < -0.3 is 4.74 Å². The molecule has 0 aliphatic heterocycles. The smallest absolute Gasteiger partial charge is 0.317 e. The van der Waals surface area contributed by atoms with Crippen LogP contribution in [0.1, 0.15) is 12.0 Å². The van der Waals surface area contributed by atoms with Crippen LogP contribution in [0.4, 0.5) is 4.39 Å². The van der Waals surface area contributed by atoms with Crippen molar-refractivity contribution in [1.29, 1.82) is 0 Å². The quantitative estimate of drug-likeness (QED) is 0.500. The fourth-order valence-electron chi connectivity index (χ4n) is 0.846. The maximum atomic E-state index is 13.0. The van der Waals surface area contributed by atoms with E-state index >= 15 is 0 Å². The monoisotopic (exact) mass is 192 g/mol. The highest BCUT2D eigenvalue weighted by molar-refractivity contribution is 5.72. The summed E-state index contributed by atoms with van der Waals surface area (Å²) in [4.78, 5) is 10.7. The SMILES string of the molecule is COC(=O)CC#Cc1ccccc1F. The molecule has 0 N–H and O–H groups in total. The second-order valence-electron chi connectivity index (χ2n) is 2.53. The van der Waals surface area contributed by atoms with E-state index in [0.29, 0.717) is 0 Å². The molecule has 0 aliphatic rings. The predicted molar refractivity (Wildman–Crippen MR) is 49.9 cm³/mol. The zero-order valence-electron chi connectivity index (χ0n) is 7.71. The van der Waals surface area contributed by atoms with E-state index in [-0.39, 0.29) is 17.8 Å². The third kappa shape index (κ3) is 2.91. The van der Waals surface area contributed by atoms with Crippen LogP contribution >= 0.6 is 0 Å². The highest BCUT2D eigenvalue weighted by atomic mass is 19.1. The molecular weight excluding hydrogens is 183 g/mol. The summed E-state index contributed by atoms with van der Waals surface area (Å²) in [5.41, 5.74) is 0.288. The van der Waals surface area contributed by atoms with Crippen LogP contribution in [0.25, 0.3) is 0 Å². The predicted octanol–water partition coefficient (Wildman–Crippen LogP) is 1.74. The summed E-state index contributed by atoms with van der Waals surface area (Å²) in [6.07, 6.45) is -0.0230. The van der Waals surface area contributed by atoms with Gasteiger partial charge in [-0.05, 0) is 12.1 Å². The zero-order chi connectivity index (χ0) is 10.4. The van der Waals surface area contributed by atoms with Gasteiger partial charge in [0.1, 0.15) is 12.2 Å². The van der Waals surface area contributed by atoms with Crippen molar-refractivity contribution in [2.45, 2.75) is 6.42 Å². The van der Waals surface area contributed by atoms with Crippen molar-refractivity contribution in [3.05, 3.63) is 35.6 Å². The molecule has 0 unspecified atom stereocenters. The molecule has 2 nitrogen and oxygen atoms in total. The van der Waals surface area contributed by atoms with Crippen LogP contribution in [0.2, 0.25) is 0 Å². The number of benzene rings is 1. The van der Waals surface area contributed by atoms with Gasteiger partial charge in [0.25, 0.3) is 0 Å². The van der Waals surface area contributed by atoms with Gasteiger partial charge in [-0.1, -0.05) is 24.0 Å². The van der Waals surface area contributed by atoms with E-state index in [1.54, 1.807) is 18.2 Å². The molecule has 0 aliphatic carbocycles. The molecule has 0 heterocycles. The Kier molecular flexibility index (Phi) is 3.69. The minimum atomic E-state index is -0.422. The van der Waals surface area contributed by atoms with Gasteiger partial charge in [0.05, 0.1) is 12.7 Å². The summed E-state index contributed by atoms with van der Waals surface area (Å²) in [5.74, 6) is 4.27. The van der Waals surface area contributed by atoms with E-state index in [9.17, 15) is 9.18 Å². The summed E-state index contributed by atoms with van der Waals surface area (Å²) in [5, 5.41) is 0. The normalized spacial score (nSPS) is 8.71. The number of esters is 1. The molecule has 0 saturated carbocycles. The molecule has 0 amide bonds. The topological polar surface area (TPSA) is 26.3 Å². The first-order chi connectivity index (χ1) is 6.74. The number of rotatable bonds is 1. The van der Waals surface area contributed by atoms with Gasteiger partial charge in [0.15, 0.2) is 0 Å². The van der Waals surface area contributed by atoms with Crippen molar-refractivity contribution in [3.8, 4) is 11.8 Å². The lowest BCUT2D eigenvalue weighted by Gasteiger charge is -1.92. The lowest BCUT2D eigenvalue weighted by atomic mass is 10.2. The van der Waals surface area contributed by atoms with E-state index in [1.807, 2.05) is 0 Å². The molecule has 0 atom stereocenters. The Labute approximate surface area is 81.7 Å². The Bertz CT molecular complexity index is 388. The van der Waals surface area contributed by atoms with Crippen LogP contribution in [0, 0.1) is 17.7 Å². The van der Waals surface area contributed by atoms with Gasteiger partial charge in [0.2, 0.25) is 0 Å². The maximum Gasteiger partial charge on any atom is 0.317 e. The summed E-state index contributed by atoms with van der Waals surface area (Å²) in [6.45, 7) is 0. The van der Waals surface area contributed by atoms with Gasteiger partial charge in [-0.15, -0.1) is 0 Å². The first-order valence-corrected chi connectivity index (χ1v) is 4.04. The highest BCUT2D eigenvalue weighted by Crippen LogP contribution is 2.03. The molecule has 1 aromatic carbocycles. The lowest BCUT2D eigenvalue weighted by molar-refractivity contribution is -0.139. The average Bonchev–Trinajstić information content (AvgIpc) is 2.20. The van der Waals surface area contributed by atoms with Gasteiger partial charge in [-0.2, -0.15) is 0 Å². The van der Waals surface area contributed by atoms with E-state index in [2.05, 4.69) is 16.6 Å². The lowest BCUT2D eigenvalue weighted by Crippen LogP contribution is -1.97. The number of carbonyl (C=O) groups excluding carboxylic acids is 1. The first kappa shape index (κ1) is 10.3. The number of methoxy groups -OCH3 is 1. The van der Waals surface area contributed by atoms with Crippen molar-refractivity contribution >= 4 is 5.97 Å². The van der Waals surface area contributed by atoms with E-state index in [4.69, 9.17) is 0 Å². The van der Waals surface area contributed by atoms with E-state index in [0.717, 1.165) is 0 Å². The van der Waals surface area contributed by atoms with Crippen molar-refractivity contribution in [3.63, 3.8) is 0 Å². The standard InChI is InChI=1S/C11H9FO2/c1-14-11(13)8-4-6-9-5-2-3-7-10(9)12/h2-3,5,7H,8H2,1H3. The molecule has 0 radical (unpaired) electrons. The number of ether oxygens (including phenoxy) is 1. The van der Waals surface area contributed by atoms with Crippen LogP contribution < -0.4 is 0 Å². The Morgan fingerprint density at radius 2 is 2.21 bits per heavy atom. The van der Waals surface area contributed by atoms with E-state index in [1.165, 1.54) is 13.2 Å². The Morgan fingerprint density at radius 3 is 2.86 bits per heavy atom. The van der Waals surface area contributed by atoms with Crippen LogP contribution in [0.3, 0.4) is 0 Å². The number of carbonyl (C=O) groups is 1. The van der Waals surface area contributed by atoms with Gasteiger partial charge in [0, 0.05) is 0 Å². The summed E-state index contributed by atoms with van der Waals surface area (Å²) >= 11 is 0. The van der Waals surface area contributed by atoms with Crippen LogP contribution in [0.5, 0.6) is 0 Å². The first-order valence-electron chi connectivity index (χ1n) is 4.04. The Morgan fingerprint density at radius 1 is 1.50 bits per heavy atom. The molecule has 72 valence electrons. The average molecular weight is 192 g/mol. The molecule has 3 heteroatoms. The molecule has 14 heavy (non-hydrogen) atoms. The molecule has 1 rings (SSSR count). The van der Waals surface area contributed by atoms with Gasteiger partial charge in [-0.3, -0.25) is 4.79 Å². The molecule has 0 bridgehead atoms. The Balaban J connectivity index is 2.68. The zero-order valence-corrected chi connectivity index (χ0v) is 7.71. The molecule has 1 aromatic rings. The third-order valence-corrected chi connectivity index (χ3v) is 1.56. The number of halogens is 1. The van der Waals surface area contributed by atoms with Crippen LogP contribution in [-0.4, -0.2) is 13.1 Å². The third-order valence-electron chi connectivity index (χ3n) is 1.56. The molecule has 0 aromatic heterocycles. The highest BCUT2D eigenvalue weighted by Gasteiger charge is 1.96. The van der Waals surface area contributed by atoms with Gasteiger partial charge >= 0.3 is 5.97 Å². The number of hydrogen-bond acceptors (Lipinski definition) is 2. The Hall–Kier alpha value is -1.82. The van der Waals surface area contributed by atoms with Gasteiger partial charge in [-0.25, -0.2) is 4.39 Å². The van der Waals surface area contributed by atoms with Crippen molar-refractivity contribution in [1.82, 2.24) is 0 Å². The fourth-order valence-corrected chi connectivity index (χ4v) is 0.846. The maximum absolute atomic E-state index is 13.0. The van der Waals surface area contributed by atoms with Crippen molar-refractivity contribution in [2.24, 2.45) is 0 Å². The van der Waals surface area contributed by atoms with Crippen molar-refractivity contribution in [2.75, 3.05) is 7.11 Å². The summed E-state index contributed by atoms with van der Waals surface area (Å²) in [7, 11) is 1.28. The second-order valence-corrected chi connectivity index (χ2v) is 2.53. The molecule has 0 spiro atoms. The largest absolute Gasteiger partial charge is 0.468 e.